The first-order valence-electron chi connectivity index (χ1n) is 10.2. The molecule has 0 N–H and O–H groups in total. The molecule has 0 aromatic heterocycles. The van der Waals surface area contributed by atoms with Gasteiger partial charge in [0.05, 0.1) is 0 Å². The molecule has 0 amide bonds. The number of thioether (sulfide) groups is 1. The fourth-order valence-electron chi connectivity index (χ4n) is 4.11. The molecule has 1 atom stereocenters. The highest BCUT2D eigenvalue weighted by Gasteiger charge is 2.46. The van der Waals surface area contributed by atoms with Gasteiger partial charge < -0.3 is 13.3 Å². The number of carbonyl (C=O) groups is 1. The zero-order valence-corrected chi connectivity index (χ0v) is 19.8. The van der Waals surface area contributed by atoms with Crippen molar-refractivity contribution >= 4 is 26.3 Å². The van der Waals surface area contributed by atoms with Crippen molar-refractivity contribution < 1.29 is 18.1 Å². The van der Waals surface area contributed by atoms with Crippen molar-refractivity contribution in [3.63, 3.8) is 0 Å². The third kappa shape index (κ3) is 6.93. The van der Waals surface area contributed by atoms with E-state index in [-0.39, 0.29) is 10.2 Å². The number of hydrogen-bond donors (Lipinski definition) is 0. The topological polar surface area (TPSA) is 44.8 Å². The molecular weight excluding hydrogens is 364 g/mol. The summed E-state index contributed by atoms with van der Waals surface area (Å²) in [6.07, 6.45) is 3.54. The lowest BCUT2D eigenvalue weighted by atomic mass is 9.68. The number of ketones is 1. The molecule has 1 saturated carbocycles. The Morgan fingerprint density at radius 2 is 1.58 bits per heavy atom. The van der Waals surface area contributed by atoms with Crippen molar-refractivity contribution in [1.29, 1.82) is 0 Å². The molecule has 4 nitrogen and oxygen atoms in total. The minimum Gasteiger partial charge on any atom is -0.374 e. The van der Waals surface area contributed by atoms with E-state index in [2.05, 4.69) is 27.7 Å². The van der Waals surface area contributed by atoms with Crippen molar-refractivity contribution in [2.75, 3.05) is 25.6 Å². The molecule has 0 radical (unpaired) electrons. The van der Waals surface area contributed by atoms with Crippen LogP contribution in [-0.2, 0) is 18.1 Å². The Bertz CT molecular complexity index is 425. The Labute approximate surface area is 166 Å². The van der Waals surface area contributed by atoms with Gasteiger partial charge in [0.15, 0.2) is 0 Å². The summed E-state index contributed by atoms with van der Waals surface area (Å²) >= 11 is 1.99. The van der Waals surface area contributed by atoms with Gasteiger partial charge in [-0.25, -0.2) is 0 Å². The maximum atomic E-state index is 12.4. The fourth-order valence-corrected chi connectivity index (χ4v) is 8.76. The Hall–Kier alpha value is 0.117. The maximum absolute atomic E-state index is 12.4. The lowest BCUT2D eigenvalue weighted by molar-refractivity contribution is -0.124. The standard InChI is InChI=1S/C20H40O4SSi/c1-8-22-26(23-9-2,24-10-3)13-11-12-25-20(17(4)5)15-18(21)14-19(6,7)16-20/h17H,8-16H2,1-7H3. The van der Waals surface area contributed by atoms with Crippen LogP contribution in [0.1, 0.15) is 74.1 Å². The number of rotatable bonds is 12. The molecule has 0 bridgehead atoms. The van der Waals surface area contributed by atoms with Crippen LogP contribution in [0.2, 0.25) is 6.04 Å². The second-order valence-corrected chi connectivity index (χ2v) is 12.6. The van der Waals surface area contributed by atoms with E-state index in [4.69, 9.17) is 13.3 Å². The monoisotopic (exact) mass is 404 g/mol. The van der Waals surface area contributed by atoms with Gasteiger partial charge in [0.2, 0.25) is 0 Å². The normalized spacial score (nSPS) is 23.6. The van der Waals surface area contributed by atoms with Crippen molar-refractivity contribution in [1.82, 2.24) is 0 Å². The summed E-state index contributed by atoms with van der Waals surface area (Å²) in [5, 5.41) is 0. The van der Waals surface area contributed by atoms with Gasteiger partial charge in [0.25, 0.3) is 0 Å². The Kier molecular flexibility index (Phi) is 9.85. The van der Waals surface area contributed by atoms with Gasteiger partial charge in [-0.2, -0.15) is 11.8 Å². The lowest BCUT2D eigenvalue weighted by Crippen LogP contribution is -2.46. The van der Waals surface area contributed by atoms with E-state index in [1.54, 1.807) is 0 Å². The van der Waals surface area contributed by atoms with E-state index >= 15 is 0 Å². The molecular formula is C20H40O4SSi. The van der Waals surface area contributed by atoms with Crippen molar-refractivity contribution in [3.05, 3.63) is 0 Å². The molecule has 0 saturated heterocycles. The van der Waals surface area contributed by atoms with Crippen LogP contribution in [0.25, 0.3) is 0 Å². The van der Waals surface area contributed by atoms with E-state index in [0.29, 0.717) is 37.9 Å². The van der Waals surface area contributed by atoms with Crippen molar-refractivity contribution in [3.8, 4) is 0 Å². The van der Waals surface area contributed by atoms with Crippen molar-refractivity contribution in [2.45, 2.75) is 84.9 Å². The third-order valence-corrected chi connectivity index (χ3v) is 10.1. The Morgan fingerprint density at radius 3 is 2.00 bits per heavy atom. The summed E-state index contributed by atoms with van der Waals surface area (Å²) in [6.45, 7) is 16.9. The molecule has 1 aliphatic rings. The van der Waals surface area contributed by atoms with Gasteiger partial charge in [-0.3, -0.25) is 4.79 Å². The molecule has 0 heterocycles. The summed E-state index contributed by atoms with van der Waals surface area (Å²) in [6, 6.07) is 0.848. The molecule has 1 rings (SSSR count). The molecule has 6 heteroatoms. The molecule has 0 aliphatic heterocycles. The van der Waals surface area contributed by atoms with Crippen LogP contribution in [0.15, 0.2) is 0 Å². The fraction of sp³-hybridized carbons (Fsp3) is 0.950. The molecule has 0 aromatic rings. The quantitative estimate of drug-likeness (QED) is 0.325. The van der Waals surface area contributed by atoms with E-state index in [9.17, 15) is 4.79 Å². The minimum absolute atomic E-state index is 0.0614. The van der Waals surface area contributed by atoms with E-state index in [0.717, 1.165) is 31.1 Å². The lowest BCUT2D eigenvalue weighted by Gasteiger charge is -2.46. The molecule has 1 unspecified atom stereocenters. The van der Waals surface area contributed by atoms with Crippen LogP contribution >= 0.6 is 11.8 Å². The summed E-state index contributed by atoms with van der Waals surface area (Å²) in [4.78, 5) is 12.4. The molecule has 0 aromatic carbocycles. The van der Waals surface area contributed by atoms with Gasteiger partial charge >= 0.3 is 8.80 Å². The van der Waals surface area contributed by atoms with Crippen LogP contribution < -0.4 is 0 Å². The molecule has 0 spiro atoms. The van der Waals surface area contributed by atoms with E-state index in [1.165, 1.54) is 0 Å². The van der Waals surface area contributed by atoms with Gasteiger partial charge in [0, 0.05) is 43.5 Å². The first-order valence-corrected chi connectivity index (χ1v) is 13.1. The molecule has 1 fully saturated rings. The second-order valence-electron chi connectivity index (χ2n) is 8.39. The Balaban J connectivity index is 2.71. The largest absolute Gasteiger partial charge is 0.500 e. The predicted octanol–water partition coefficient (Wildman–Crippen LogP) is 5.33. The van der Waals surface area contributed by atoms with Gasteiger partial charge in [-0.1, -0.05) is 27.7 Å². The summed E-state index contributed by atoms with van der Waals surface area (Å²) in [5.74, 6) is 1.93. The van der Waals surface area contributed by atoms with Crippen LogP contribution in [0.4, 0.5) is 0 Å². The smallest absolute Gasteiger partial charge is 0.374 e. The summed E-state index contributed by atoms with van der Waals surface area (Å²) in [5.41, 5.74) is 0.104. The number of Topliss-reactive ketones (excluding diaryl/α,β-unsaturated/α-hetero) is 1. The molecule has 26 heavy (non-hydrogen) atoms. The zero-order valence-electron chi connectivity index (χ0n) is 18.0. The zero-order chi connectivity index (χ0) is 19.8. The third-order valence-electron chi connectivity index (χ3n) is 5.11. The minimum atomic E-state index is -2.56. The van der Waals surface area contributed by atoms with Gasteiger partial charge in [0.1, 0.15) is 5.78 Å². The van der Waals surface area contributed by atoms with Crippen molar-refractivity contribution in [2.24, 2.45) is 11.3 Å². The van der Waals surface area contributed by atoms with Gasteiger partial charge in [-0.05, 0) is 50.7 Å². The molecule has 154 valence electrons. The van der Waals surface area contributed by atoms with E-state index in [1.807, 2.05) is 32.5 Å². The maximum Gasteiger partial charge on any atom is 0.500 e. The van der Waals surface area contributed by atoms with Crippen LogP contribution in [0.5, 0.6) is 0 Å². The SMILES string of the molecule is CCO[Si](CCCSC1(C(C)C)CC(=O)CC(C)(C)C1)(OCC)OCC. The Morgan fingerprint density at radius 1 is 1.04 bits per heavy atom. The first-order chi connectivity index (χ1) is 12.1. The molecule has 1 aliphatic carbocycles. The summed E-state index contributed by atoms with van der Waals surface area (Å²) < 4.78 is 17.9. The van der Waals surface area contributed by atoms with Crippen LogP contribution in [-0.4, -0.2) is 44.9 Å². The predicted molar refractivity (Wildman–Crippen MR) is 113 cm³/mol. The van der Waals surface area contributed by atoms with E-state index < -0.39 is 8.80 Å². The number of carbonyl (C=O) groups excluding carboxylic acids is 1. The second kappa shape index (κ2) is 10.6. The highest BCUT2D eigenvalue weighted by Crippen LogP contribution is 2.50. The van der Waals surface area contributed by atoms with Gasteiger partial charge in [-0.15, -0.1) is 0 Å². The highest BCUT2D eigenvalue weighted by atomic mass is 32.2. The summed E-state index contributed by atoms with van der Waals surface area (Å²) in [7, 11) is -2.56. The number of hydrogen-bond acceptors (Lipinski definition) is 5. The average Bonchev–Trinajstić information content (AvgIpc) is 2.50. The average molecular weight is 405 g/mol. The van der Waals surface area contributed by atoms with Crippen LogP contribution in [0, 0.1) is 11.3 Å². The first kappa shape index (κ1) is 24.2. The highest BCUT2D eigenvalue weighted by molar-refractivity contribution is 8.00. The van der Waals surface area contributed by atoms with Crippen LogP contribution in [0.3, 0.4) is 0 Å².